The molecule has 0 unspecified atom stereocenters. The topological polar surface area (TPSA) is 62.8 Å². The summed E-state index contributed by atoms with van der Waals surface area (Å²) in [6.45, 7) is 5.39. The zero-order chi connectivity index (χ0) is 14.5. The lowest BCUT2D eigenvalue weighted by Crippen LogP contribution is -2.35. The van der Waals surface area contributed by atoms with Crippen molar-refractivity contribution in [3.63, 3.8) is 0 Å². The second-order valence-electron chi connectivity index (χ2n) is 5.29. The van der Waals surface area contributed by atoms with Gasteiger partial charge in [-0.3, -0.25) is 9.69 Å². The molecule has 6 heteroatoms. The van der Waals surface area contributed by atoms with E-state index in [0.29, 0.717) is 25.5 Å². The molecule has 1 saturated heterocycles. The third kappa shape index (κ3) is 3.86. The van der Waals surface area contributed by atoms with Gasteiger partial charge in [0.05, 0.1) is 6.54 Å². The zero-order valence-electron chi connectivity index (χ0n) is 12.1. The lowest BCUT2D eigenvalue weighted by molar-refractivity contribution is -0.117. The van der Waals surface area contributed by atoms with Gasteiger partial charge in [-0.15, -0.1) is 0 Å². The highest BCUT2D eigenvalue weighted by Gasteiger charge is 2.15. The van der Waals surface area contributed by atoms with Crippen LogP contribution in [0.15, 0.2) is 18.2 Å². The van der Waals surface area contributed by atoms with E-state index in [1.807, 2.05) is 18.2 Å². The Labute approximate surface area is 124 Å². The van der Waals surface area contributed by atoms with Gasteiger partial charge in [0.2, 0.25) is 5.91 Å². The summed E-state index contributed by atoms with van der Waals surface area (Å²) in [5.41, 5.74) is 0.747. The van der Waals surface area contributed by atoms with Crippen LogP contribution in [-0.4, -0.2) is 56.7 Å². The lowest BCUT2D eigenvalue weighted by atomic mass is 10.2. The smallest absolute Gasteiger partial charge is 0.238 e. The van der Waals surface area contributed by atoms with Crippen LogP contribution in [0.4, 0.5) is 5.69 Å². The molecule has 6 nitrogen and oxygen atoms in total. The van der Waals surface area contributed by atoms with Crippen molar-refractivity contribution >= 4 is 11.6 Å². The zero-order valence-corrected chi connectivity index (χ0v) is 12.1. The third-order valence-electron chi connectivity index (χ3n) is 3.63. The summed E-state index contributed by atoms with van der Waals surface area (Å²) in [5, 5.41) is 6.25. The van der Waals surface area contributed by atoms with E-state index in [-0.39, 0.29) is 5.91 Å². The van der Waals surface area contributed by atoms with Crippen LogP contribution in [0.25, 0.3) is 0 Å². The van der Waals surface area contributed by atoms with Crippen molar-refractivity contribution in [2.75, 3.05) is 51.3 Å². The van der Waals surface area contributed by atoms with Crippen LogP contribution >= 0.6 is 0 Å². The SMILES string of the molecule is O=C(CN1CCCNCC1)Nc1ccc2c(c1)OCCO2. The van der Waals surface area contributed by atoms with Gasteiger partial charge in [0.15, 0.2) is 11.5 Å². The number of benzene rings is 1. The molecule has 21 heavy (non-hydrogen) atoms. The standard InChI is InChI=1S/C15H21N3O3/c19-15(11-18-6-1-4-16-5-7-18)17-12-2-3-13-14(10-12)21-9-8-20-13/h2-3,10,16H,1,4-9,11H2,(H,17,19). The number of hydrogen-bond donors (Lipinski definition) is 2. The van der Waals surface area contributed by atoms with Crippen molar-refractivity contribution in [3.8, 4) is 11.5 Å². The van der Waals surface area contributed by atoms with Crippen molar-refractivity contribution < 1.29 is 14.3 Å². The van der Waals surface area contributed by atoms with Gasteiger partial charge < -0.3 is 20.1 Å². The van der Waals surface area contributed by atoms with Crippen molar-refractivity contribution in [2.24, 2.45) is 0 Å². The van der Waals surface area contributed by atoms with E-state index in [1.54, 1.807) is 0 Å². The average molecular weight is 291 g/mol. The molecule has 1 aromatic carbocycles. The first-order chi connectivity index (χ1) is 10.3. The maximum Gasteiger partial charge on any atom is 0.238 e. The van der Waals surface area contributed by atoms with E-state index < -0.39 is 0 Å². The molecule has 1 aromatic rings. The fourth-order valence-electron chi connectivity index (χ4n) is 2.58. The Morgan fingerprint density at radius 2 is 2.05 bits per heavy atom. The molecule has 2 aliphatic rings. The second-order valence-corrected chi connectivity index (χ2v) is 5.29. The molecule has 0 aliphatic carbocycles. The summed E-state index contributed by atoms with van der Waals surface area (Å²) in [5.74, 6) is 1.43. The predicted octanol–water partition coefficient (Wildman–Crippen LogP) is 0.692. The van der Waals surface area contributed by atoms with Crippen LogP contribution in [0.1, 0.15) is 6.42 Å². The summed E-state index contributed by atoms with van der Waals surface area (Å²) in [7, 11) is 0. The highest BCUT2D eigenvalue weighted by Crippen LogP contribution is 2.32. The van der Waals surface area contributed by atoms with Crippen LogP contribution in [-0.2, 0) is 4.79 Å². The first kappa shape index (κ1) is 14.2. The van der Waals surface area contributed by atoms with Gasteiger partial charge in [-0.1, -0.05) is 0 Å². The molecule has 0 saturated carbocycles. The van der Waals surface area contributed by atoms with E-state index in [0.717, 1.165) is 44.0 Å². The molecule has 0 spiro atoms. The Kier molecular flexibility index (Phi) is 4.57. The fourth-order valence-corrected chi connectivity index (χ4v) is 2.58. The van der Waals surface area contributed by atoms with Crippen molar-refractivity contribution in [3.05, 3.63) is 18.2 Å². The number of carbonyl (C=O) groups is 1. The molecule has 3 rings (SSSR count). The largest absolute Gasteiger partial charge is 0.486 e. The quantitative estimate of drug-likeness (QED) is 0.858. The van der Waals surface area contributed by atoms with Gasteiger partial charge in [-0.25, -0.2) is 0 Å². The molecule has 2 heterocycles. The molecular weight excluding hydrogens is 270 g/mol. The number of nitrogens with zero attached hydrogens (tertiary/aromatic N) is 1. The molecule has 0 bridgehead atoms. The average Bonchev–Trinajstić information content (AvgIpc) is 2.75. The van der Waals surface area contributed by atoms with E-state index in [2.05, 4.69) is 15.5 Å². The van der Waals surface area contributed by atoms with Crippen molar-refractivity contribution in [2.45, 2.75) is 6.42 Å². The molecule has 2 N–H and O–H groups in total. The molecule has 0 radical (unpaired) electrons. The predicted molar refractivity (Wildman–Crippen MR) is 80.0 cm³/mol. The summed E-state index contributed by atoms with van der Waals surface area (Å²) >= 11 is 0. The summed E-state index contributed by atoms with van der Waals surface area (Å²) < 4.78 is 11.0. The maximum atomic E-state index is 12.1. The van der Waals surface area contributed by atoms with E-state index in [1.165, 1.54) is 0 Å². The van der Waals surface area contributed by atoms with Gasteiger partial charge in [0.25, 0.3) is 0 Å². The highest BCUT2D eigenvalue weighted by atomic mass is 16.6. The van der Waals surface area contributed by atoms with Gasteiger partial charge >= 0.3 is 0 Å². The first-order valence-electron chi connectivity index (χ1n) is 7.44. The number of nitrogens with one attached hydrogen (secondary N) is 2. The van der Waals surface area contributed by atoms with Crippen LogP contribution < -0.4 is 20.1 Å². The minimum atomic E-state index is 0.00794. The second kappa shape index (κ2) is 6.78. The lowest BCUT2D eigenvalue weighted by Gasteiger charge is -2.20. The summed E-state index contributed by atoms with van der Waals surface area (Å²) in [6.07, 6.45) is 1.08. The minimum Gasteiger partial charge on any atom is -0.486 e. The van der Waals surface area contributed by atoms with E-state index in [9.17, 15) is 4.79 Å². The fraction of sp³-hybridized carbons (Fsp3) is 0.533. The Bertz CT molecular complexity index is 499. The van der Waals surface area contributed by atoms with Crippen LogP contribution in [0.5, 0.6) is 11.5 Å². The number of anilines is 1. The van der Waals surface area contributed by atoms with Crippen LogP contribution in [0.3, 0.4) is 0 Å². The first-order valence-corrected chi connectivity index (χ1v) is 7.44. The Morgan fingerprint density at radius 1 is 1.19 bits per heavy atom. The molecule has 1 amide bonds. The molecular formula is C15H21N3O3. The highest BCUT2D eigenvalue weighted by molar-refractivity contribution is 5.92. The number of ether oxygens (including phenoxy) is 2. The number of carbonyl (C=O) groups excluding carboxylic acids is 1. The van der Waals surface area contributed by atoms with E-state index in [4.69, 9.17) is 9.47 Å². The normalized spacial score (nSPS) is 18.9. The maximum absolute atomic E-state index is 12.1. The van der Waals surface area contributed by atoms with E-state index >= 15 is 0 Å². The number of amides is 1. The molecule has 0 aromatic heterocycles. The molecule has 2 aliphatic heterocycles. The number of rotatable bonds is 3. The molecule has 114 valence electrons. The van der Waals surface area contributed by atoms with Crippen LogP contribution in [0, 0.1) is 0 Å². The van der Waals surface area contributed by atoms with Gasteiger partial charge in [0.1, 0.15) is 13.2 Å². The van der Waals surface area contributed by atoms with Crippen LogP contribution in [0.2, 0.25) is 0 Å². The Hall–Kier alpha value is -1.79. The summed E-state index contributed by atoms with van der Waals surface area (Å²) in [6, 6.07) is 5.49. The minimum absolute atomic E-state index is 0.00794. The Morgan fingerprint density at radius 3 is 2.95 bits per heavy atom. The van der Waals surface area contributed by atoms with Gasteiger partial charge in [-0.05, 0) is 31.6 Å². The van der Waals surface area contributed by atoms with Crippen molar-refractivity contribution in [1.82, 2.24) is 10.2 Å². The molecule has 1 fully saturated rings. The monoisotopic (exact) mass is 291 g/mol. The summed E-state index contributed by atoms with van der Waals surface area (Å²) in [4.78, 5) is 14.3. The number of hydrogen-bond acceptors (Lipinski definition) is 5. The van der Waals surface area contributed by atoms with Crippen molar-refractivity contribution in [1.29, 1.82) is 0 Å². The van der Waals surface area contributed by atoms with Gasteiger partial charge in [-0.2, -0.15) is 0 Å². The Balaban J connectivity index is 1.56. The molecule has 0 atom stereocenters. The third-order valence-corrected chi connectivity index (χ3v) is 3.63. The number of fused-ring (bicyclic) bond motifs is 1. The van der Waals surface area contributed by atoms with Gasteiger partial charge in [0, 0.05) is 24.8 Å².